The summed E-state index contributed by atoms with van der Waals surface area (Å²) < 4.78 is 46.7. The number of benzene rings is 1. The Hall–Kier alpha value is -4.76. The van der Waals surface area contributed by atoms with Gasteiger partial charge in [0.15, 0.2) is 0 Å². The molecule has 0 radical (unpaired) electrons. The number of ether oxygens (including phenoxy) is 1. The Labute approximate surface area is 254 Å². The molecule has 1 aromatic carbocycles. The van der Waals surface area contributed by atoms with E-state index in [1.807, 2.05) is 27.9 Å². The molecule has 0 saturated carbocycles. The molecule has 44 heavy (non-hydrogen) atoms. The molecule has 4 rings (SSSR count). The third-order valence-corrected chi connectivity index (χ3v) is 6.23. The van der Waals surface area contributed by atoms with Crippen molar-refractivity contribution in [3.8, 4) is 5.88 Å². The fourth-order valence-electron chi connectivity index (χ4n) is 4.16. The van der Waals surface area contributed by atoms with Gasteiger partial charge >= 0.3 is 6.18 Å². The largest absolute Gasteiger partial charge is 0.479 e. The first-order chi connectivity index (χ1) is 21.0. The van der Waals surface area contributed by atoms with Gasteiger partial charge in [-0.2, -0.15) is 23.1 Å². The zero-order valence-corrected chi connectivity index (χ0v) is 25.3. The van der Waals surface area contributed by atoms with Crippen LogP contribution in [0.3, 0.4) is 0 Å². The Balaban J connectivity index is 0.00000127. The van der Waals surface area contributed by atoms with Crippen LogP contribution in [0.4, 0.5) is 47.8 Å². The van der Waals surface area contributed by atoms with Crippen LogP contribution in [0, 0.1) is 0 Å². The maximum atomic E-state index is 13.8. The average Bonchev–Trinajstić information content (AvgIpc) is 3.44. The second kappa shape index (κ2) is 16.8. The number of carbonyl (C=O) groups excluding carboxylic acids is 2. The van der Waals surface area contributed by atoms with Crippen LogP contribution in [0.1, 0.15) is 12.0 Å². The summed E-state index contributed by atoms with van der Waals surface area (Å²) in [5.41, 5.74) is -0.0256. The highest BCUT2D eigenvalue weighted by atomic mass is 19.4. The van der Waals surface area contributed by atoms with Gasteiger partial charge < -0.3 is 40.6 Å². The van der Waals surface area contributed by atoms with Gasteiger partial charge in [-0.3, -0.25) is 4.79 Å². The van der Waals surface area contributed by atoms with Crippen LogP contribution in [0.15, 0.2) is 55.3 Å². The fraction of sp³-hybridized carbons (Fsp3) is 0.345. The fourth-order valence-corrected chi connectivity index (χ4v) is 4.16. The van der Waals surface area contributed by atoms with Crippen LogP contribution in [-0.4, -0.2) is 87.0 Å². The van der Waals surface area contributed by atoms with Crippen LogP contribution in [0.2, 0.25) is 0 Å². The molecule has 2 aromatic heterocycles. The lowest BCUT2D eigenvalue weighted by molar-refractivity contribution is -0.137. The van der Waals surface area contributed by atoms with Gasteiger partial charge in [0.2, 0.25) is 17.7 Å². The summed E-state index contributed by atoms with van der Waals surface area (Å²) in [5, 5.41) is 10.9. The molecule has 12 nitrogen and oxygen atoms in total. The van der Waals surface area contributed by atoms with Crippen molar-refractivity contribution in [1.82, 2.24) is 25.2 Å². The number of pyridine rings is 1. The highest BCUT2D eigenvalue weighted by molar-refractivity contribution is 5.99. The number of hydrogen-bond donors (Lipinski definition) is 4. The zero-order chi connectivity index (χ0) is 32.9. The number of nitrogens with zero attached hydrogens (tertiary/aromatic N) is 5. The van der Waals surface area contributed by atoms with Gasteiger partial charge in [0, 0.05) is 37.2 Å². The Morgan fingerprint density at radius 1 is 1.14 bits per heavy atom. The smallest absolute Gasteiger partial charge is 0.421 e. The van der Waals surface area contributed by atoms with Crippen molar-refractivity contribution in [2.24, 2.45) is 0 Å². The third-order valence-electron chi connectivity index (χ3n) is 6.23. The monoisotopic (exact) mass is 617 g/mol. The minimum Gasteiger partial charge on any atom is -0.479 e. The van der Waals surface area contributed by atoms with Crippen LogP contribution in [0.25, 0.3) is 0 Å². The quantitative estimate of drug-likeness (QED) is 0.256. The van der Waals surface area contributed by atoms with E-state index in [0.29, 0.717) is 29.4 Å². The molecule has 4 N–H and O–H groups in total. The third kappa shape index (κ3) is 9.91. The number of halogens is 3. The molecule has 1 fully saturated rings. The first-order valence-electron chi connectivity index (χ1n) is 13.3. The van der Waals surface area contributed by atoms with E-state index >= 15 is 0 Å². The standard InChI is InChI=1S/C26H29F3N8O2.C2H7N.CH2O/c1-5-22(38)31-16-7-6-8-17(13-16)32-23-19(26(27,28)29)14-30-25(35-23)33-20-9-10-21(34-24(20)39-4)37(3)18-11-12-36(2)15-18;1-3-2;1-2/h5-10,13-14,18H,1,11-12,15H2,2-4H3,(H,31,38)(H2,30,32,33,35);3H,1-2H3;1H2. The minimum absolute atomic E-state index is 0.0970. The SMILES string of the molecule is C=CC(=O)Nc1cccc(Nc2nc(Nc3ccc(N(C)C4CCN(C)C4)nc3OC)ncc2C(F)(F)F)c1.C=O.CNC. The van der Waals surface area contributed by atoms with E-state index in [-0.39, 0.29) is 17.5 Å². The summed E-state index contributed by atoms with van der Waals surface area (Å²) >= 11 is 0. The number of likely N-dealkylation sites (tertiary alicyclic amines) is 1. The second-order valence-electron chi connectivity index (χ2n) is 9.52. The van der Waals surface area contributed by atoms with Crippen molar-refractivity contribution < 1.29 is 27.5 Å². The van der Waals surface area contributed by atoms with Gasteiger partial charge in [-0.25, -0.2) is 4.98 Å². The molecule has 3 heterocycles. The van der Waals surface area contributed by atoms with Crippen molar-refractivity contribution in [1.29, 1.82) is 0 Å². The minimum atomic E-state index is -4.71. The number of anilines is 6. The van der Waals surface area contributed by atoms with Crippen LogP contribution in [-0.2, 0) is 15.8 Å². The lowest BCUT2D eigenvalue weighted by Gasteiger charge is -2.26. The normalized spacial score (nSPS) is 14.2. The van der Waals surface area contributed by atoms with E-state index in [1.54, 1.807) is 30.3 Å². The number of carbonyl (C=O) groups is 2. The van der Waals surface area contributed by atoms with Crippen molar-refractivity contribution in [3.63, 3.8) is 0 Å². The Morgan fingerprint density at radius 2 is 1.82 bits per heavy atom. The summed E-state index contributed by atoms with van der Waals surface area (Å²) in [6, 6.07) is 10.0. The molecule has 15 heteroatoms. The van der Waals surface area contributed by atoms with E-state index in [0.717, 1.165) is 25.6 Å². The van der Waals surface area contributed by atoms with E-state index in [2.05, 4.69) is 59.6 Å². The maximum absolute atomic E-state index is 13.8. The van der Waals surface area contributed by atoms with Crippen LogP contribution in [0.5, 0.6) is 5.88 Å². The van der Waals surface area contributed by atoms with Crippen molar-refractivity contribution >= 4 is 47.3 Å². The van der Waals surface area contributed by atoms with Crippen molar-refractivity contribution in [2.45, 2.75) is 18.6 Å². The molecule has 1 saturated heterocycles. The number of aromatic nitrogens is 3. The second-order valence-corrected chi connectivity index (χ2v) is 9.52. The number of amides is 1. The average molecular weight is 618 g/mol. The molecule has 1 unspecified atom stereocenters. The van der Waals surface area contributed by atoms with Crippen LogP contribution >= 0.6 is 0 Å². The molecule has 0 aliphatic carbocycles. The number of hydrogen-bond acceptors (Lipinski definition) is 11. The number of nitrogens with one attached hydrogen (secondary N) is 4. The summed E-state index contributed by atoms with van der Waals surface area (Å²) in [7, 11) is 9.24. The highest BCUT2D eigenvalue weighted by Crippen LogP contribution is 2.36. The van der Waals surface area contributed by atoms with Crippen molar-refractivity contribution in [3.05, 3.63) is 60.8 Å². The Morgan fingerprint density at radius 3 is 2.41 bits per heavy atom. The lowest BCUT2D eigenvalue weighted by atomic mass is 10.2. The van der Waals surface area contributed by atoms with E-state index in [4.69, 9.17) is 9.53 Å². The number of rotatable bonds is 9. The highest BCUT2D eigenvalue weighted by Gasteiger charge is 2.35. The van der Waals surface area contributed by atoms with E-state index < -0.39 is 23.5 Å². The topological polar surface area (TPSA) is 137 Å². The summed E-state index contributed by atoms with van der Waals surface area (Å²) in [6.07, 6.45) is -1.92. The van der Waals surface area contributed by atoms with Gasteiger partial charge in [-0.05, 0) is 70.5 Å². The first-order valence-corrected chi connectivity index (χ1v) is 13.3. The number of likely N-dealkylation sites (N-methyl/N-ethyl adjacent to an activating group) is 2. The van der Waals surface area contributed by atoms with Crippen molar-refractivity contribution in [2.75, 3.05) is 69.2 Å². The van der Waals surface area contributed by atoms with Gasteiger partial charge in [0.1, 0.15) is 29.7 Å². The summed E-state index contributed by atoms with van der Waals surface area (Å²) in [6.45, 7) is 7.30. The van der Waals surface area contributed by atoms with Gasteiger partial charge in [-0.15, -0.1) is 0 Å². The molecule has 1 amide bonds. The molecule has 3 aromatic rings. The molecular weight excluding hydrogens is 579 g/mol. The first kappa shape index (κ1) is 35.4. The molecule has 1 aliphatic rings. The molecular formula is C29H38F3N9O3. The molecule has 1 aliphatic heterocycles. The molecule has 1 atom stereocenters. The predicted octanol–water partition coefficient (Wildman–Crippen LogP) is 4.30. The summed E-state index contributed by atoms with van der Waals surface area (Å²) in [5.74, 6) is -0.0701. The lowest BCUT2D eigenvalue weighted by Crippen LogP contribution is -2.34. The zero-order valence-electron chi connectivity index (χ0n) is 25.3. The van der Waals surface area contributed by atoms with E-state index in [1.165, 1.54) is 13.2 Å². The molecule has 238 valence electrons. The van der Waals surface area contributed by atoms with E-state index in [9.17, 15) is 18.0 Å². The van der Waals surface area contributed by atoms with Gasteiger partial charge in [0.25, 0.3) is 0 Å². The Bertz CT molecular complexity index is 1390. The van der Waals surface area contributed by atoms with Gasteiger partial charge in [-0.1, -0.05) is 12.6 Å². The number of alkyl halides is 3. The molecule has 0 spiro atoms. The molecule has 0 bridgehead atoms. The summed E-state index contributed by atoms with van der Waals surface area (Å²) in [4.78, 5) is 36.4. The Kier molecular flexibility index (Phi) is 13.5. The predicted molar refractivity (Wildman–Crippen MR) is 166 cm³/mol. The maximum Gasteiger partial charge on any atom is 0.421 e. The van der Waals surface area contributed by atoms with Crippen LogP contribution < -0.4 is 30.9 Å². The number of methoxy groups -OCH3 is 1. The van der Waals surface area contributed by atoms with Gasteiger partial charge in [0.05, 0.1) is 7.11 Å².